The van der Waals surface area contributed by atoms with Crippen molar-refractivity contribution >= 4 is 11.8 Å². The molecule has 0 bridgehead atoms. The number of aromatic nitrogens is 3. The molecule has 3 aromatic rings. The van der Waals surface area contributed by atoms with Gasteiger partial charge in [-0.15, -0.1) is 0 Å². The molecule has 0 radical (unpaired) electrons. The van der Waals surface area contributed by atoms with Crippen molar-refractivity contribution in [1.82, 2.24) is 15.2 Å². The van der Waals surface area contributed by atoms with Crippen LogP contribution in [0.2, 0.25) is 0 Å². The molecular weight excluding hydrogens is 254 g/mol. The largest absolute Gasteiger partial charge is 0.254 e. The third-order valence-electron chi connectivity index (χ3n) is 2.83. The third-order valence-corrected chi connectivity index (χ3v) is 4.03. The van der Waals surface area contributed by atoms with Gasteiger partial charge in [-0.3, -0.25) is 5.10 Å². The quantitative estimate of drug-likeness (QED) is 0.733. The number of hydrogen-bond donors (Lipinski definition) is 1. The molecule has 19 heavy (non-hydrogen) atoms. The van der Waals surface area contributed by atoms with E-state index in [2.05, 4.69) is 63.7 Å². The van der Waals surface area contributed by atoms with Gasteiger partial charge in [0.05, 0.1) is 5.25 Å². The highest BCUT2D eigenvalue weighted by atomic mass is 32.2. The first-order chi connectivity index (χ1) is 9.43. The van der Waals surface area contributed by atoms with Crippen molar-refractivity contribution in [2.75, 3.05) is 0 Å². The van der Waals surface area contributed by atoms with Crippen LogP contribution in [0.15, 0.2) is 72.1 Å². The van der Waals surface area contributed by atoms with Crippen molar-refractivity contribution in [1.29, 1.82) is 0 Å². The summed E-state index contributed by atoms with van der Waals surface area (Å²) in [4.78, 5) is 4.20. The van der Waals surface area contributed by atoms with Crippen LogP contribution in [0.25, 0.3) is 0 Å². The Labute approximate surface area is 116 Å². The lowest BCUT2D eigenvalue weighted by Crippen LogP contribution is -1.97. The van der Waals surface area contributed by atoms with E-state index in [0.717, 1.165) is 5.16 Å². The zero-order chi connectivity index (χ0) is 12.9. The predicted octanol–water partition coefficient (Wildman–Crippen LogP) is 3.69. The lowest BCUT2D eigenvalue weighted by Gasteiger charge is -2.15. The van der Waals surface area contributed by atoms with Crippen molar-refractivity contribution in [3.63, 3.8) is 0 Å². The normalized spacial score (nSPS) is 10.8. The van der Waals surface area contributed by atoms with Crippen LogP contribution in [-0.4, -0.2) is 15.2 Å². The molecule has 0 spiro atoms. The topological polar surface area (TPSA) is 41.6 Å². The maximum Gasteiger partial charge on any atom is 0.184 e. The second kappa shape index (κ2) is 5.71. The summed E-state index contributed by atoms with van der Waals surface area (Å²) in [5.74, 6) is 0. The van der Waals surface area contributed by atoms with E-state index >= 15 is 0 Å². The Morgan fingerprint density at radius 2 is 1.42 bits per heavy atom. The summed E-state index contributed by atoms with van der Waals surface area (Å²) in [5.41, 5.74) is 2.52. The zero-order valence-electron chi connectivity index (χ0n) is 10.2. The Hall–Kier alpha value is -2.07. The van der Waals surface area contributed by atoms with Crippen molar-refractivity contribution in [2.45, 2.75) is 10.4 Å². The van der Waals surface area contributed by atoms with Crippen molar-refractivity contribution in [3.05, 3.63) is 78.1 Å². The maximum absolute atomic E-state index is 4.20. The summed E-state index contributed by atoms with van der Waals surface area (Å²) in [6.45, 7) is 0. The molecule has 4 heteroatoms. The molecule has 1 heterocycles. The molecule has 0 saturated heterocycles. The molecular formula is C15H13N3S. The van der Waals surface area contributed by atoms with Crippen molar-refractivity contribution in [3.8, 4) is 0 Å². The fraction of sp³-hybridized carbons (Fsp3) is 0.0667. The number of aromatic amines is 1. The molecule has 0 aliphatic carbocycles. The Balaban J connectivity index is 1.96. The van der Waals surface area contributed by atoms with E-state index in [-0.39, 0.29) is 5.25 Å². The molecule has 0 aliphatic heterocycles. The van der Waals surface area contributed by atoms with E-state index in [1.807, 2.05) is 12.1 Å². The summed E-state index contributed by atoms with van der Waals surface area (Å²) >= 11 is 1.67. The summed E-state index contributed by atoms with van der Waals surface area (Å²) in [7, 11) is 0. The van der Waals surface area contributed by atoms with E-state index in [1.165, 1.54) is 17.5 Å². The molecule has 3 rings (SSSR count). The van der Waals surface area contributed by atoms with Crippen LogP contribution >= 0.6 is 11.8 Å². The highest BCUT2D eigenvalue weighted by molar-refractivity contribution is 7.99. The molecule has 1 N–H and O–H groups in total. The first-order valence-corrected chi connectivity index (χ1v) is 6.93. The lowest BCUT2D eigenvalue weighted by atomic mass is 10.0. The van der Waals surface area contributed by atoms with Crippen LogP contribution in [-0.2, 0) is 0 Å². The predicted molar refractivity (Wildman–Crippen MR) is 77.0 cm³/mol. The first-order valence-electron chi connectivity index (χ1n) is 6.05. The second-order valence-electron chi connectivity index (χ2n) is 4.11. The molecule has 94 valence electrons. The van der Waals surface area contributed by atoms with Gasteiger partial charge < -0.3 is 0 Å². The number of benzene rings is 2. The number of nitrogens with one attached hydrogen (secondary N) is 1. The molecule has 0 unspecified atom stereocenters. The monoisotopic (exact) mass is 267 g/mol. The molecule has 0 saturated carbocycles. The van der Waals surface area contributed by atoms with Gasteiger partial charge in [-0.2, -0.15) is 5.10 Å². The lowest BCUT2D eigenvalue weighted by molar-refractivity contribution is 0.965. The van der Waals surface area contributed by atoms with Crippen LogP contribution in [0.4, 0.5) is 0 Å². The smallest absolute Gasteiger partial charge is 0.184 e. The van der Waals surface area contributed by atoms with Crippen LogP contribution in [0.1, 0.15) is 16.4 Å². The first kappa shape index (κ1) is 12.0. The molecule has 0 aliphatic rings. The number of rotatable bonds is 4. The Bertz CT molecular complexity index is 569. The zero-order valence-corrected chi connectivity index (χ0v) is 11.0. The van der Waals surface area contributed by atoms with Crippen LogP contribution in [0.5, 0.6) is 0 Å². The van der Waals surface area contributed by atoms with Gasteiger partial charge in [-0.1, -0.05) is 72.4 Å². The molecule has 0 atom stereocenters. The van der Waals surface area contributed by atoms with E-state index < -0.39 is 0 Å². The highest BCUT2D eigenvalue weighted by Gasteiger charge is 2.16. The third kappa shape index (κ3) is 2.85. The van der Waals surface area contributed by atoms with E-state index in [1.54, 1.807) is 11.8 Å². The molecule has 0 fully saturated rings. The standard InChI is InChI=1S/C15H13N3S/c1-3-7-12(8-4-1)14(13-9-5-2-6-10-13)19-15-16-11-17-18-15/h1-11,14H,(H,16,17,18). The Morgan fingerprint density at radius 1 is 0.842 bits per heavy atom. The second-order valence-corrected chi connectivity index (χ2v) is 5.20. The Kier molecular flexibility index (Phi) is 3.61. The van der Waals surface area contributed by atoms with Crippen molar-refractivity contribution in [2.24, 2.45) is 0 Å². The molecule has 1 aromatic heterocycles. The van der Waals surface area contributed by atoms with Gasteiger partial charge in [-0.05, 0) is 11.1 Å². The fourth-order valence-corrected chi connectivity index (χ4v) is 2.97. The van der Waals surface area contributed by atoms with Gasteiger partial charge in [0.25, 0.3) is 0 Å². The summed E-state index contributed by atoms with van der Waals surface area (Å²) in [6, 6.07) is 20.9. The number of hydrogen-bond acceptors (Lipinski definition) is 3. The Morgan fingerprint density at radius 3 is 1.89 bits per heavy atom. The van der Waals surface area contributed by atoms with Crippen LogP contribution in [0.3, 0.4) is 0 Å². The number of H-pyrrole nitrogens is 1. The van der Waals surface area contributed by atoms with Crippen LogP contribution in [0, 0.1) is 0 Å². The minimum atomic E-state index is 0.218. The van der Waals surface area contributed by atoms with Gasteiger partial charge in [0, 0.05) is 0 Å². The van der Waals surface area contributed by atoms with Crippen molar-refractivity contribution < 1.29 is 0 Å². The molecule has 3 nitrogen and oxygen atoms in total. The van der Waals surface area contributed by atoms with Gasteiger partial charge in [0.2, 0.25) is 0 Å². The average Bonchev–Trinajstić information content (AvgIpc) is 3.00. The minimum Gasteiger partial charge on any atom is -0.254 e. The minimum absolute atomic E-state index is 0.218. The van der Waals surface area contributed by atoms with Gasteiger partial charge in [0.1, 0.15) is 6.33 Å². The molecule has 2 aromatic carbocycles. The average molecular weight is 267 g/mol. The van der Waals surface area contributed by atoms with Gasteiger partial charge in [-0.25, -0.2) is 4.98 Å². The van der Waals surface area contributed by atoms with E-state index in [4.69, 9.17) is 0 Å². The SMILES string of the molecule is c1ccc(C(Sc2ncn[nH]2)c2ccccc2)cc1. The summed E-state index contributed by atoms with van der Waals surface area (Å²) < 4.78 is 0. The van der Waals surface area contributed by atoms with Gasteiger partial charge >= 0.3 is 0 Å². The number of nitrogens with zero attached hydrogens (tertiary/aromatic N) is 2. The highest BCUT2D eigenvalue weighted by Crippen LogP contribution is 2.38. The van der Waals surface area contributed by atoms with E-state index in [0.29, 0.717) is 0 Å². The van der Waals surface area contributed by atoms with Gasteiger partial charge in [0.15, 0.2) is 5.16 Å². The number of thioether (sulfide) groups is 1. The maximum atomic E-state index is 4.20. The van der Waals surface area contributed by atoms with E-state index in [9.17, 15) is 0 Å². The fourth-order valence-electron chi connectivity index (χ4n) is 1.95. The molecule has 0 amide bonds. The van der Waals surface area contributed by atoms with Crippen LogP contribution < -0.4 is 0 Å². The summed E-state index contributed by atoms with van der Waals surface area (Å²) in [6.07, 6.45) is 1.54. The summed E-state index contributed by atoms with van der Waals surface area (Å²) in [5, 5.41) is 7.86.